The lowest BCUT2D eigenvalue weighted by atomic mass is 10.2. The predicted molar refractivity (Wildman–Crippen MR) is 129 cm³/mol. The summed E-state index contributed by atoms with van der Waals surface area (Å²) in [5.41, 5.74) is 3.65. The number of hydrogen-bond donors (Lipinski definition) is 2. The molecule has 3 rings (SSSR count). The molecule has 3 aromatic carbocycles. The second-order valence-corrected chi connectivity index (χ2v) is 7.60. The Morgan fingerprint density at radius 2 is 1.68 bits per heavy atom. The molecule has 3 aromatic rings. The minimum atomic E-state index is -0.984. The molecule has 0 fully saturated rings. The summed E-state index contributed by atoms with van der Waals surface area (Å²) in [6.07, 6.45) is 1.35. The van der Waals surface area contributed by atoms with E-state index < -0.39 is 17.6 Å². The van der Waals surface area contributed by atoms with Crippen molar-refractivity contribution >= 4 is 46.9 Å². The summed E-state index contributed by atoms with van der Waals surface area (Å²) < 4.78 is 24.4. The van der Waals surface area contributed by atoms with Gasteiger partial charge < -0.3 is 14.8 Å². The molecule has 7 nitrogen and oxygen atoms in total. The van der Waals surface area contributed by atoms with Gasteiger partial charge in [-0.3, -0.25) is 9.59 Å². The van der Waals surface area contributed by atoms with Crippen LogP contribution >= 0.6 is 23.2 Å². The summed E-state index contributed by atoms with van der Waals surface area (Å²) >= 11 is 12.4. The van der Waals surface area contributed by atoms with Crippen LogP contribution in [0, 0.1) is 5.82 Å². The Balaban J connectivity index is 1.61. The molecule has 0 aliphatic heterocycles. The van der Waals surface area contributed by atoms with Gasteiger partial charge in [0.05, 0.1) is 12.8 Å². The smallest absolute Gasteiger partial charge is 0.329 e. The highest BCUT2D eigenvalue weighted by molar-refractivity contribution is 6.39. The zero-order valence-corrected chi connectivity index (χ0v) is 19.5. The van der Waals surface area contributed by atoms with Crippen molar-refractivity contribution in [2.45, 2.75) is 13.5 Å². The normalized spacial score (nSPS) is 10.7. The Morgan fingerprint density at radius 3 is 2.35 bits per heavy atom. The predicted octanol–water partition coefficient (Wildman–Crippen LogP) is 5.20. The van der Waals surface area contributed by atoms with Gasteiger partial charge in [-0.15, -0.1) is 0 Å². The van der Waals surface area contributed by atoms with Crippen molar-refractivity contribution in [3.63, 3.8) is 0 Å². The summed E-state index contributed by atoms with van der Waals surface area (Å²) in [5.74, 6) is -1.46. The first-order valence-electron chi connectivity index (χ1n) is 10.1. The lowest BCUT2D eigenvalue weighted by Gasteiger charge is -2.14. The molecule has 0 aliphatic rings. The largest absolute Gasteiger partial charge is 0.490 e. The van der Waals surface area contributed by atoms with E-state index in [1.165, 1.54) is 18.3 Å². The number of nitrogens with zero attached hydrogens (tertiary/aromatic N) is 1. The Morgan fingerprint density at radius 1 is 0.971 bits per heavy atom. The molecule has 0 bridgehead atoms. The molecule has 2 amide bonds. The molecule has 0 aliphatic carbocycles. The minimum absolute atomic E-state index is 0.144. The van der Waals surface area contributed by atoms with Crippen LogP contribution in [0.2, 0.25) is 10.0 Å². The number of halogens is 3. The molecule has 0 saturated heterocycles. The third-order valence-electron chi connectivity index (χ3n) is 4.39. The second-order valence-electron chi connectivity index (χ2n) is 6.79. The van der Waals surface area contributed by atoms with Gasteiger partial charge >= 0.3 is 11.8 Å². The lowest BCUT2D eigenvalue weighted by molar-refractivity contribution is -0.136. The Hall–Kier alpha value is -3.62. The SMILES string of the molecule is CCOc1cc(/C=N/NC(=O)C(=O)Nc2ccc(F)cc2)ccc1OCc1c(Cl)cccc1Cl. The fourth-order valence-corrected chi connectivity index (χ4v) is 3.26. The molecule has 0 atom stereocenters. The molecule has 0 spiro atoms. The molecule has 0 aromatic heterocycles. The first-order chi connectivity index (χ1) is 16.4. The zero-order chi connectivity index (χ0) is 24.5. The van der Waals surface area contributed by atoms with E-state index in [0.717, 1.165) is 12.1 Å². The van der Waals surface area contributed by atoms with Crippen LogP contribution in [0.15, 0.2) is 65.8 Å². The van der Waals surface area contributed by atoms with Crippen molar-refractivity contribution in [3.05, 3.63) is 87.7 Å². The highest BCUT2D eigenvalue weighted by Crippen LogP contribution is 2.31. The molecule has 34 heavy (non-hydrogen) atoms. The van der Waals surface area contributed by atoms with Crippen LogP contribution in [-0.4, -0.2) is 24.6 Å². The minimum Gasteiger partial charge on any atom is -0.490 e. The van der Waals surface area contributed by atoms with E-state index in [0.29, 0.717) is 39.3 Å². The number of carbonyl (C=O) groups is 2. The van der Waals surface area contributed by atoms with E-state index in [1.54, 1.807) is 36.4 Å². The first-order valence-corrected chi connectivity index (χ1v) is 10.9. The Bertz CT molecular complexity index is 1180. The average molecular weight is 504 g/mol. The quantitative estimate of drug-likeness (QED) is 0.251. The van der Waals surface area contributed by atoms with E-state index in [4.69, 9.17) is 32.7 Å². The van der Waals surface area contributed by atoms with Gasteiger partial charge in [0.2, 0.25) is 0 Å². The van der Waals surface area contributed by atoms with Crippen LogP contribution in [0.5, 0.6) is 11.5 Å². The van der Waals surface area contributed by atoms with E-state index in [2.05, 4.69) is 15.8 Å². The maximum Gasteiger partial charge on any atom is 0.329 e. The summed E-state index contributed by atoms with van der Waals surface area (Å²) in [5, 5.41) is 7.12. The third kappa shape index (κ3) is 6.94. The molecule has 0 saturated carbocycles. The summed E-state index contributed by atoms with van der Waals surface area (Å²) in [6, 6.07) is 15.2. The maximum atomic E-state index is 12.9. The average Bonchev–Trinajstić information content (AvgIpc) is 2.81. The number of nitrogens with one attached hydrogen (secondary N) is 2. The number of amides is 2. The molecule has 10 heteroatoms. The van der Waals surface area contributed by atoms with Crippen LogP contribution in [0.3, 0.4) is 0 Å². The number of carbonyl (C=O) groups excluding carboxylic acids is 2. The van der Waals surface area contributed by atoms with Gasteiger partial charge in [0.15, 0.2) is 11.5 Å². The molecule has 176 valence electrons. The van der Waals surface area contributed by atoms with Crippen molar-refractivity contribution in [2.75, 3.05) is 11.9 Å². The summed E-state index contributed by atoms with van der Waals surface area (Å²) in [6.45, 7) is 2.37. The van der Waals surface area contributed by atoms with Gasteiger partial charge in [-0.25, -0.2) is 9.82 Å². The van der Waals surface area contributed by atoms with E-state index in [1.807, 2.05) is 6.92 Å². The first kappa shape index (κ1) is 25.0. The van der Waals surface area contributed by atoms with Crippen LogP contribution < -0.4 is 20.2 Å². The van der Waals surface area contributed by atoms with Gasteiger partial charge in [-0.2, -0.15) is 5.10 Å². The highest BCUT2D eigenvalue weighted by atomic mass is 35.5. The zero-order valence-electron chi connectivity index (χ0n) is 18.0. The molecular formula is C24H20Cl2FN3O4. The van der Waals surface area contributed by atoms with Crippen LogP contribution in [-0.2, 0) is 16.2 Å². The second kappa shape index (κ2) is 12.0. The van der Waals surface area contributed by atoms with E-state index in [-0.39, 0.29) is 12.3 Å². The fraction of sp³-hybridized carbons (Fsp3) is 0.125. The van der Waals surface area contributed by atoms with Crippen LogP contribution in [0.1, 0.15) is 18.1 Å². The number of anilines is 1. The van der Waals surface area contributed by atoms with Crippen LogP contribution in [0.4, 0.5) is 10.1 Å². The molecule has 0 heterocycles. The highest BCUT2D eigenvalue weighted by Gasteiger charge is 2.13. The Labute approximate surface area is 205 Å². The van der Waals surface area contributed by atoms with Crippen molar-refractivity contribution in [1.29, 1.82) is 0 Å². The van der Waals surface area contributed by atoms with E-state index in [9.17, 15) is 14.0 Å². The van der Waals surface area contributed by atoms with Crippen molar-refractivity contribution < 1.29 is 23.5 Å². The van der Waals surface area contributed by atoms with Gasteiger partial charge in [0.1, 0.15) is 12.4 Å². The number of ether oxygens (including phenoxy) is 2. The standard InChI is InChI=1S/C24H20Cl2FN3O4/c1-2-33-22-12-15(6-11-21(22)34-14-18-19(25)4-3-5-20(18)26)13-28-30-24(32)23(31)29-17-9-7-16(27)8-10-17/h3-13H,2,14H2,1H3,(H,29,31)(H,30,32)/b28-13+. The van der Waals surface area contributed by atoms with Gasteiger partial charge in [-0.05, 0) is 67.1 Å². The van der Waals surface area contributed by atoms with Crippen molar-refractivity contribution in [1.82, 2.24) is 5.43 Å². The number of hydrogen-bond acceptors (Lipinski definition) is 5. The van der Waals surface area contributed by atoms with Gasteiger partial charge in [0, 0.05) is 21.3 Å². The third-order valence-corrected chi connectivity index (χ3v) is 5.10. The molecule has 2 N–H and O–H groups in total. The number of benzene rings is 3. The topological polar surface area (TPSA) is 89.0 Å². The molecule has 0 unspecified atom stereocenters. The molecular weight excluding hydrogens is 484 g/mol. The monoisotopic (exact) mass is 503 g/mol. The fourth-order valence-electron chi connectivity index (χ4n) is 2.75. The van der Waals surface area contributed by atoms with E-state index >= 15 is 0 Å². The summed E-state index contributed by atoms with van der Waals surface area (Å²) in [7, 11) is 0. The van der Waals surface area contributed by atoms with Crippen molar-refractivity contribution in [3.8, 4) is 11.5 Å². The van der Waals surface area contributed by atoms with Gasteiger partial charge in [0.25, 0.3) is 0 Å². The van der Waals surface area contributed by atoms with Crippen LogP contribution in [0.25, 0.3) is 0 Å². The summed E-state index contributed by atoms with van der Waals surface area (Å²) in [4.78, 5) is 23.8. The van der Waals surface area contributed by atoms with Gasteiger partial charge in [-0.1, -0.05) is 29.3 Å². The lowest BCUT2D eigenvalue weighted by Crippen LogP contribution is -2.32. The maximum absolute atomic E-state index is 12.9. The Kier molecular flexibility index (Phi) is 8.84. The number of rotatable bonds is 8. The molecule has 0 radical (unpaired) electrons. The number of hydrazone groups is 1. The van der Waals surface area contributed by atoms with Crippen molar-refractivity contribution in [2.24, 2.45) is 5.10 Å².